The molecule has 0 bridgehead atoms. The van der Waals surface area contributed by atoms with Gasteiger partial charge in [-0.1, -0.05) is 12.1 Å². The van der Waals surface area contributed by atoms with Crippen LogP contribution in [0.3, 0.4) is 0 Å². The van der Waals surface area contributed by atoms with Gasteiger partial charge >= 0.3 is 6.18 Å². The molecule has 1 unspecified atom stereocenters. The van der Waals surface area contributed by atoms with Crippen molar-refractivity contribution in [1.29, 1.82) is 0 Å². The molecular formula is C18H19F4N3O2. The molecule has 0 spiro atoms. The summed E-state index contributed by atoms with van der Waals surface area (Å²) in [5.41, 5.74) is -2.93. The molecule has 1 aliphatic rings. The average Bonchev–Trinajstić information content (AvgIpc) is 3.31. The van der Waals surface area contributed by atoms with Crippen molar-refractivity contribution in [3.8, 4) is 0 Å². The molecule has 9 heteroatoms. The minimum atomic E-state index is -5.09. The van der Waals surface area contributed by atoms with Crippen LogP contribution in [0.15, 0.2) is 36.7 Å². The lowest BCUT2D eigenvalue weighted by atomic mass is 9.96. The predicted octanol–water partition coefficient (Wildman–Crippen LogP) is 2.89. The van der Waals surface area contributed by atoms with E-state index in [1.54, 1.807) is 6.07 Å². The monoisotopic (exact) mass is 385 g/mol. The molecule has 1 aromatic heterocycles. The third kappa shape index (κ3) is 3.97. The Morgan fingerprint density at radius 3 is 2.59 bits per heavy atom. The Labute approximate surface area is 153 Å². The van der Waals surface area contributed by atoms with E-state index in [9.17, 15) is 27.5 Å². The minimum absolute atomic E-state index is 0.0181. The van der Waals surface area contributed by atoms with Crippen LogP contribution in [-0.4, -0.2) is 37.7 Å². The lowest BCUT2D eigenvalue weighted by molar-refractivity contribution is -0.272. The molecule has 1 atom stereocenters. The lowest BCUT2D eigenvalue weighted by Crippen LogP contribution is -2.48. The topological polar surface area (TPSA) is 58.4 Å². The minimum Gasteiger partial charge on any atom is -0.374 e. The molecule has 0 radical (unpaired) electrons. The van der Waals surface area contributed by atoms with E-state index in [0.29, 0.717) is 18.4 Å². The standard InChI is InChI=1S/C18H19F4N3O2/c1-24-8-7-23-16(24)17(27,18(20,21)22)10-15(26)25(14-5-6-14)11-12-3-2-4-13(19)9-12/h2-4,7-9,14,27H,5-6,10-11H2,1H3. The molecule has 1 aliphatic carbocycles. The number of imidazole rings is 1. The van der Waals surface area contributed by atoms with Crippen molar-refractivity contribution in [3.63, 3.8) is 0 Å². The van der Waals surface area contributed by atoms with Gasteiger partial charge in [0.05, 0.1) is 6.42 Å². The Morgan fingerprint density at radius 2 is 2.07 bits per heavy atom. The Morgan fingerprint density at radius 1 is 1.37 bits per heavy atom. The van der Waals surface area contributed by atoms with Crippen LogP contribution >= 0.6 is 0 Å². The van der Waals surface area contributed by atoms with Crippen LogP contribution in [0.4, 0.5) is 17.6 Å². The van der Waals surface area contributed by atoms with Gasteiger partial charge in [-0.3, -0.25) is 4.79 Å². The van der Waals surface area contributed by atoms with Crippen LogP contribution in [0.1, 0.15) is 30.7 Å². The number of rotatable bonds is 6. The van der Waals surface area contributed by atoms with Crippen LogP contribution in [0.5, 0.6) is 0 Å². The van der Waals surface area contributed by atoms with Crippen LogP contribution in [0.25, 0.3) is 0 Å². The number of hydrogen-bond acceptors (Lipinski definition) is 3. The molecule has 3 rings (SSSR count). The molecule has 1 aromatic carbocycles. The second kappa shape index (κ2) is 6.95. The van der Waals surface area contributed by atoms with E-state index in [1.165, 1.54) is 36.3 Å². The van der Waals surface area contributed by atoms with Crippen molar-refractivity contribution in [3.05, 3.63) is 53.9 Å². The van der Waals surface area contributed by atoms with Crippen molar-refractivity contribution in [2.75, 3.05) is 0 Å². The van der Waals surface area contributed by atoms with Gasteiger partial charge in [0.1, 0.15) is 5.82 Å². The summed E-state index contributed by atoms with van der Waals surface area (Å²) >= 11 is 0. The molecular weight excluding hydrogens is 366 g/mol. The highest BCUT2D eigenvalue weighted by molar-refractivity contribution is 5.78. The number of amides is 1. The summed E-state index contributed by atoms with van der Waals surface area (Å²) in [6, 6.07) is 5.34. The van der Waals surface area contributed by atoms with Crippen molar-refractivity contribution < 1.29 is 27.5 Å². The maximum atomic E-state index is 13.6. The van der Waals surface area contributed by atoms with Gasteiger partial charge in [-0.05, 0) is 30.5 Å². The van der Waals surface area contributed by atoms with Gasteiger partial charge in [-0.15, -0.1) is 0 Å². The maximum Gasteiger partial charge on any atom is 0.425 e. The lowest BCUT2D eigenvalue weighted by Gasteiger charge is -2.32. The number of aromatic nitrogens is 2. The fraction of sp³-hybridized carbons (Fsp3) is 0.444. The fourth-order valence-electron chi connectivity index (χ4n) is 3.03. The molecule has 1 fully saturated rings. The van der Waals surface area contributed by atoms with Crippen molar-refractivity contribution in [1.82, 2.24) is 14.5 Å². The molecule has 1 heterocycles. The van der Waals surface area contributed by atoms with Gasteiger partial charge in [0.15, 0.2) is 5.82 Å². The van der Waals surface area contributed by atoms with Gasteiger partial charge in [0.2, 0.25) is 11.5 Å². The summed E-state index contributed by atoms with van der Waals surface area (Å²) in [6.45, 7) is -0.0181. The van der Waals surface area contributed by atoms with Gasteiger partial charge < -0.3 is 14.6 Å². The summed E-state index contributed by atoms with van der Waals surface area (Å²) in [7, 11) is 1.31. The number of carbonyl (C=O) groups excluding carboxylic acids is 1. The van der Waals surface area contributed by atoms with E-state index in [1.807, 2.05) is 0 Å². The number of aliphatic hydroxyl groups is 1. The van der Waals surface area contributed by atoms with E-state index in [0.717, 1.165) is 10.8 Å². The SMILES string of the molecule is Cn1ccnc1C(O)(CC(=O)N(Cc1cccc(F)c1)C1CC1)C(F)(F)F. The molecule has 27 heavy (non-hydrogen) atoms. The highest BCUT2D eigenvalue weighted by Gasteiger charge is 2.59. The zero-order valence-electron chi connectivity index (χ0n) is 14.6. The van der Waals surface area contributed by atoms with E-state index in [-0.39, 0.29) is 12.6 Å². The van der Waals surface area contributed by atoms with Crippen molar-refractivity contribution in [2.24, 2.45) is 7.05 Å². The Bertz CT molecular complexity index is 832. The largest absolute Gasteiger partial charge is 0.425 e. The van der Waals surface area contributed by atoms with Gasteiger partial charge in [-0.2, -0.15) is 13.2 Å². The second-order valence-electron chi connectivity index (χ2n) is 6.78. The van der Waals surface area contributed by atoms with Crippen LogP contribution in [0.2, 0.25) is 0 Å². The van der Waals surface area contributed by atoms with E-state index < -0.39 is 35.7 Å². The first-order valence-electron chi connectivity index (χ1n) is 8.42. The number of carbonyl (C=O) groups is 1. The Balaban J connectivity index is 1.86. The second-order valence-corrected chi connectivity index (χ2v) is 6.78. The quantitative estimate of drug-likeness (QED) is 0.778. The third-order valence-corrected chi connectivity index (χ3v) is 4.62. The summed E-state index contributed by atoms with van der Waals surface area (Å²) in [5, 5.41) is 10.4. The number of benzene rings is 1. The normalized spacial score (nSPS) is 16.8. The molecule has 2 aromatic rings. The van der Waals surface area contributed by atoms with Crippen LogP contribution in [-0.2, 0) is 24.0 Å². The predicted molar refractivity (Wildman–Crippen MR) is 87.7 cm³/mol. The van der Waals surface area contributed by atoms with Gasteiger partial charge in [0.25, 0.3) is 0 Å². The molecule has 1 amide bonds. The molecule has 0 aliphatic heterocycles. The average molecular weight is 385 g/mol. The van der Waals surface area contributed by atoms with Gasteiger partial charge in [0, 0.05) is 32.0 Å². The summed E-state index contributed by atoms with van der Waals surface area (Å²) < 4.78 is 55.4. The van der Waals surface area contributed by atoms with Crippen LogP contribution < -0.4 is 0 Å². The molecule has 5 nitrogen and oxygen atoms in total. The first kappa shape index (κ1) is 19.3. The number of halogens is 4. The highest BCUT2D eigenvalue weighted by Crippen LogP contribution is 2.42. The zero-order chi connectivity index (χ0) is 19.8. The van der Waals surface area contributed by atoms with E-state index in [4.69, 9.17) is 0 Å². The molecule has 1 saturated carbocycles. The van der Waals surface area contributed by atoms with E-state index >= 15 is 0 Å². The number of aryl methyl sites for hydroxylation is 1. The molecule has 146 valence electrons. The van der Waals surface area contributed by atoms with Crippen molar-refractivity contribution >= 4 is 5.91 Å². The number of nitrogens with zero attached hydrogens (tertiary/aromatic N) is 3. The Kier molecular flexibility index (Phi) is 4.98. The number of alkyl halides is 3. The van der Waals surface area contributed by atoms with E-state index in [2.05, 4.69) is 4.98 Å². The van der Waals surface area contributed by atoms with Gasteiger partial charge in [-0.25, -0.2) is 9.37 Å². The van der Waals surface area contributed by atoms with Crippen molar-refractivity contribution in [2.45, 2.75) is 43.6 Å². The summed E-state index contributed by atoms with van der Waals surface area (Å²) in [5.74, 6) is -2.00. The smallest absolute Gasteiger partial charge is 0.374 e. The summed E-state index contributed by atoms with van der Waals surface area (Å²) in [6.07, 6.45) is -2.56. The fourth-order valence-corrected chi connectivity index (χ4v) is 3.03. The summed E-state index contributed by atoms with van der Waals surface area (Å²) in [4.78, 5) is 17.6. The first-order valence-corrected chi connectivity index (χ1v) is 8.42. The zero-order valence-corrected chi connectivity index (χ0v) is 14.6. The third-order valence-electron chi connectivity index (χ3n) is 4.62. The molecule has 1 N–H and O–H groups in total. The molecule has 0 saturated heterocycles. The first-order chi connectivity index (χ1) is 12.6. The highest BCUT2D eigenvalue weighted by atomic mass is 19.4. The Hall–Kier alpha value is -2.42. The van der Waals surface area contributed by atoms with Crippen LogP contribution in [0, 0.1) is 5.82 Å². The number of hydrogen-bond donors (Lipinski definition) is 1. The maximum absolute atomic E-state index is 13.6.